The number of amides is 2. The number of carbonyl (C=O) groups excluding carboxylic acids is 2. The second-order valence-corrected chi connectivity index (χ2v) is 9.44. The van der Waals surface area contributed by atoms with Gasteiger partial charge in [0.2, 0.25) is 0 Å². The molecule has 2 aliphatic carbocycles. The third-order valence-corrected chi connectivity index (χ3v) is 5.73. The van der Waals surface area contributed by atoms with Gasteiger partial charge in [-0.05, 0) is 66.5 Å². The third-order valence-electron chi connectivity index (χ3n) is 5.73. The van der Waals surface area contributed by atoms with Crippen molar-refractivity contribution in [3.8, 4) is 0 Å². The summed E-state index contributed by atoms with van der Waals surface area (Å²) in [7, 11) is 0. The van der Waals surface area contributed by atoms with Crippen LogP contribution in [0.3, 0.4) is 0 Å². The minimum Gasteiger partial charge on any atom is -0.349 e. The van der Waals surface area contributed by atoms with E-state index in [2.05, 4.69) is 38.2 Å². The van der Waals surface area contributed by atoms with Crippen molar-refractivity contribution < 1.29 is 9.59 Å². The van der Waals surface area contributed by atoms with E-state index in [4.69, 9.17) is 0 Å². The lowest BCUT2D eigenvalue weighted by Gasteiger charge is -2.24. The van der Waals surface area contributed by atoms with Crippen LogP contribution in [0, 0.1) is 0 Å². The minimum atomic E-state index is -0.00638. The van der Waals surface area contributed by atoms with Gasteiger partial charge in [0.1, 0.15) is 0 Å². The molecule has 2 aliphatic rings. The Morgan fingerprint density at radius 2 is 1.48 bits per heavy atom. The maximum Gasteiger partial charge on any atom is 0.254 e. The molecule has 2 saturated carbocycles. The predicted octanol–water partition coefficient (Wildman–Crippen LogP) is 4.68. The van der Waals surface area contributed by atoms with Gasteiger partial charge in [0.05, 0.1) is 0 Å². The molecule has 152 valence electrons. The van der Waals surface area contributed by atoms with E-state index in [0.29, 0.717) is 24.2 Å². The van der Waals surface area contributed by atoms with Crippen LogP contribution >= 0.6 is 0 Å². The van der Waals surface area contributed by atoms with Gasteiger partial charge < -0.3 is 10.2 Å². The maximum atomic E-state index is 13.2. The highest BCUT2D eigenvalue weighted by molar-refractivity contribution is 5.95. The first-order valence-electron chi connectivity index (χ1n) is 10.6. The van der Waals surface area contributed by atoms with Crippen molar-refractivity contribution in [2.45, 2.75) is 70.5 Å². The van der Waals surface area contributed by atoms with Crippen molar-refractivity contribution in [2.75, 3.05) is 0 Å². The normalized spacial score (nSPS) is 16.4. The van der Waals surface area contributed by atoms with Crippen LogP contribution in [0.1, 0.15) is 78.3 Å². The van der Waals surface area contributed by atoms with Crippen molar-refractivity contribution in [2.24, 2.45) is 0 Å². The Hall–Kier alpha value is -2.62. The maximum absolute atomic E-state index is 13.2. The van der Waals surface area contributed by atoms with Gasteiger partial charge in [-0.3, -0.25) is 9.59 Å². The van der Waals surface area contributed by atoms with E-state index in [9.17, 15) is 9.59 Å². The third kappa shape index (κ3) is 4.87. The van der Waals surface area contributed by atoms with E-state index in [0.717, 1.165) is 36.8 Å². The molecule has 2 aromatic carbocycles. The summed E-state index contributed by atoms with van der Waals surface area (Å²) < 4.78 is 0. The topological polar surface area (TPSA) is 49.4 Å². The molecular weight excluding hydrogens is 360 g/mol. The van der Waals surface area contributed by atoms with E-state index in [1.165, 1.54) is 5.56 Å². The molecule has 0 radical (unpaired) electrons. The molecule has 4 nitrogen and oxygen atoms in total. The predicted molar refractivity (Wildman–Crippen MR) is 115 cm³/mol. The molecule has 2 amide bonds. The van der Waals surface area contributed by atoms with E-state index < -0.39 is 0 Å². The standard InChI is InChI=1S/C25H30N2O2/c1-25(2,3)20-10-8-19(9-11-20)24(29)27(22-14-15-22)16-17-4-6-18(7-5-17)23(28)26-21-12-13-21/h4-11,21-22H,12-16H2,1-3H3,(H,26,28). The van der Waals surface area contributed by atoms with Crippen molar-refractivity contribution >= 4 is 11.8 Å². The Morgan fingerprint density at radius 1 is 0.897 bits per heavy atom. The first-order valence-corrected chi connectivity index (χ1v) is 10.6. The van der Waals surface area contributed by atoms with Gasteiger partial charge in [0, 0.05) is 29.8 Å². The second kappa shape index (κ2) is 7.66. The molecule has 0 aliphatic heterocycles. The van der Waals surface area contributed by atoms with Crippen LogP contribution in [0.2, 0.25) is 0 Å². The summed E-state index contributed by atoms with van der Waals surface area (Å²) >= 11 is 0. The van der Waals surface area contributed by atoms with Gasteiger partial charge in [-0.15, -0.1) is 0 Å². The van der Waals surface area contributed by atoms with Gasteiger partial charge in [-0.25, -0.2) is 0 Å². The highest BCUT2D eigenvalue weighted by Crippen LogP contribution is 2.30. The number of carbonyl (C=O) groups is 2. The number of benzene rings is 2. The van der Waals surface area contributed by atoms with Gasteiger partial charge in [0.15, 0.2) is 0 Å². The summed E-state index contributed by atoms with van der Waals surface area (Å²) in [5.41, 5.74) is 3.78. The number of hydrogen-bond acceptors (Lipinski definition) is 2. The molecule has 2 aromatic rings. The van der Waals surface area contributed by atoms with Crippen molar-refractivity contribution in [1.29, 1.82) is 0 Å². The average molecular weight is 391 g/mol. The zero-order valence-corrected chi connectivity index (χ0v) is 17.6. The highest BCUT2D eigenvalue weighted by Gasteiger charge is 2.33. The summed E-state index contributed by atoms with van der Waals surface area (Å²) in [6, 6.07) is 16.4. The molecule has 4 rings (SSSR count). The number of hydrogen-bond donors (Lipinski definition) is 1. The Morgan fingerprint density at radius 3 is 2.00 bits per heavy atom. The van der Waals surface area contributed by atoms with Crippen LogP contribution in [0.4, 0.5) is 0 Å². The highest BCUT2D eigenvalue weighted by atomic mass is 16.2. The molecule has 0 heterocycles. The molecule has 0 spiro atoms. The number of rotatable bonds is 6. The number of nitrogens with one attached hydrogen (secondary N) is 1. The monoisotopic (exact) mass is 390 g/mol. The zero-order valence-electron chi connectivity index (χ0n) is 17.6. The molecule has 0 saturated heterocycles. The van der Waals surface area contributed by atoms with Crippen molar-refractivity contribution in [1.82, 2.24) is 10.2 Å². The van der Waals surface area contributed by atoms with E-state index in [-0.39, 0.29) is 17.2 Å². The molecule has 0 atom stereocenters. The first kappa shape index (κ1) is 19.7. The number of nitrogens with zero attached hydrogens (tertiary/aromatic N) is 1. The molecule has 2 fully saturated rings. The Kier molecular flexibility index (Phi) is 5.20. The lowest BCUT2D eigenvalue weighted by atomic mass is 9.86. The van der Waals surface area contributed by atoms with Crippen LogP contribution in [0.15, 0.2) is 48.5 Å². The smallest absolute Gasteiger partial charge is 0.254 e. The quantitative estimate of drug-likeness (QED) is 0.778. The van der Waals surface area contributed by atoms with Crippen LogP contribution in [0.5, 0.6) is 0 Å². The van der Waals surface area contributed by atoms with Gasteiger partial charge in [-0.1, -0.05) is 45.0 Å². The summed E-state index contributed by atoms with van der Waals surface area (Å²) in [4.78, 5) is 27.3. The molecule has 0 unspecified atom stereocenters. The first-order chi connectivity index (χ1) is 13.8. The lowest BCUT2D eigenvalue weighted by Crippen LogP contribution is -2.32. The largest absolute Gasteiger partial charge is 0.349 e. The molecule has 29 heavy (non-hydrogen) atoms. The summed E-state index contributed by atoms with van der Waals surface area (Å²) in [5, 5.41) is 3.01. The Bertz CT molecular complexity index is 886. The molecule has 1 N–H and O–H groups in total. The molecular formula is C25H30N2O2. The fraction of sp³-hybridized carbons (Fsp3) is 0.440. The zero-order chi connectivity index (χ0) is 20.6. The summed E-state index contributed by atoms with van der Waals surface area (Å²) in [5.74, 6) is 0.0802. The second-order valence-electron chi connectivity index (χ2n) is 9.44. The lowest BCUT2D eigenvalue weighted by molar-refractivity contribution is 0.0729. The summed E-state index contributed by atoms with van der Waals surface area (Å²) in [6.07, 6.45) is 4.29. The van der Waals surface area contributed by atoms with Gasteiger partial charge >= 0.3 is 0 Å². The van der Waals surface area contributed by atoms with Crippen LogP contribution < -0.4 is 5.32 Å². The average Bonchev–Trinajstić information content (AvgIpc) is 3.60. The summed E-state index contributed by atoms with van der Waals surface area (Å²) in [6.45, 7) is 7.10. The van der Waals surface area contributed by atoms with Gasteiger partial charge in [-0.2, -0.15) is 0 Å². The molecule has 0 bridgehead atoms. The van der Waals surface area contributed by atoms with Crippen LogP contribution in [-0.2, 0) is 12.0 Å². The van der Waals surface area contributed by atoms with Crippen LogP contribution in [0.25, 0.3) is 0 Å². The SMILES string of the molecule is CC(C)(C)c1ccc(C(=O)N(Cc2ccc(C(=O)NC3CC3)cc2)C2CC2)cc1. The Balaban J connectivity index is 1.45. The van der Waals surface area contributed by atoms with E-state index in [1.54, 1.807) is 0 Å². The fourth-order valence-corrected chi connectivity index (χ4v) is 3.49. The fourth-order valence-electron chi connectivity index (χ4n) is 3.49. The van der Waals surface area contributed by atoms with E-state index >= 15 is 0 Å². The van der Waals surface area contributed by atoms with Crippen molar-refractivity contribution in [3.63, 3.8) is 0 Å². The van der Waals surface area contributed by atoms with Crippen molar-refractivity contribution in [3.05, 3.63) is 70.8 Å². The van der Waals surface area contributed by atoms with Crippen LogP contribution in [-0.4, -0.2) is 28.8 Å². The minimum absolute atomic E-state index is 0.00638. The molecule has 0 aromatic heterocycles. The Labute approximate surface area is 173 Å². The molecule has 4 heteroatoms. The van der Waals surface area contributed by atoms with E-state index in [1.807, 2.05) is 41.3 Å². The van der Waals surface area contributed by atoms with Gasteiger partial charge in [0.25, 0.3) is 11.8 Å².